The van der Waals surface area contributed by atoms with Crippen molar-refractivity contribution in [3.8, 4) is 0 Å². The smallest absolute Gasteiger partial charge is 0.189 e. The van der Waals surface area contributed by atoms with Crippen LogP contribution in [0.25, 0.3) is 0 Å². The van der Waals surface area contributed by atoms with Gasteiger partial charge in [0, 0.05) is 35.7 Å². The third-order valence-corrected chi connectivity index (χ3v) is 9.21. The first kappa shape index (κ1) is 29.2. The highest BCUT2D eigenvalue weighted by molar-refractivity contribution is 8.76. The molecule has 0 aromatic rings. The van der Waals surface area contributed by atoms with Crippen molar-refractivity contribution in [3.63, 3.8) is 0 Å². The SMILES string of the molecule is CC(C)N(C(C)C)P(OCCOCCSSCCN=C(N)N)N(C(C)C)C(C)C. The summed E-state index contributed by atoms with van der Waals surface area (Å²) in [6, 6.07) is 1.70. The third-order valence-electron chi connectivity index (χ3n) is 3.81. The van der Waals surface area contributed by atoms with Crippen molar-refractivity contribution in [3.05, 3.63) is 0 Å². The Kier molecular flexibility index (Phi) is 17.0. The summed E-state index contributed by atoms with van der Waals surface area (Å²) in [5.74, 6) is 1.99. The monoisotopic (exact) mass is 469 g/mol. The normalized spacial score (nSPS) is 12.5. The summed E-state index contributed by atoms with van der Waals surface area (Å²) in [5, 5.41) is 0. The average molecular weight is 470 g/mol. The van der Waals surface area contributed by atoms with E-state index in [2.05, 4.69) is 69.7 Å². The van der Waals surface area contributed by atoms with Gasteiger partial charge in [-0.1, -0.05) is 21.6 Å². The predicted octanol–water partition coefficient (Wildman–Crippen LogP) is 4.14. The van der Waals surface area contributed by atoms with Gasteiger partial charge in [-0.15, -0.1) is 0 Å². The highest BCUT2D eigenvalue weighted by atomic mass is 33.1. The summed E-state index contributed by atoms with van der Waals surface area (Å²) >= 11 is 0. The second-order valence-electron chi connectivity index (χ2n) is 7.78. The maximum absolute atomic E-state index is 6.43. The summed E-state index contributed by atoms with van der Waals surface area (Å²) in [5.41, 5.74) is 10.6. The van der Waals surface area contributed by atoms with Crippen LogP contribution in [0.5, 0.6) is 0 Å². The van der Waals surface area contributed by atoms with E-state index < -0.39 is 8.45 Å². The van der Waals surface area contributed by atoms with Gasteiger partial charge in [-0.05, 0) is 55.4 Å². The Hall–Kier alpha value is 0.240. The topological polar surface area (TPSA) is 89.3 Å². The highest BCUT2D eigenvalue weighted by Gasteiger charge is 2.34. The summed E-state index contributed by atoms with van der Waals surface area (Å²) in [7, 11) is 2.70. The molecule has 0 spiro atoms. The Balaban J connectivity index is 4.39. The largest absolute Gasteiger partial charge is 0.378 e. The molecule has 0 aliphatic rings. The van der Waals surface area contributed by atoms with Gasteiger partial charge in [0.05, 0.1) is 26.4 Å². The Morgan fingerprint density at radius 3 is 1.72 bits per heavy atom. The molecule has 10 heteroatoms. The maximum atomic E-state index is 6.43. The first-order chi connectivity index (χ1) is 13.6. The van der Waals surface area contributed by atoms with Crippen LogP contribution in [0.2, 0.25) is 0 Å². The molecule has 0 saturated carbocycles. The van der Waals surface area contributed by atoms with E-state index in [0.717, 1.165) is 18.1 Å². The molecule has 0 aromatic carbocycles. The van der Waals surface area contributed by atoms with E-state index in [1.54, 1.807) is 21.6 Å². The average Bonchev–Trinajstić information content (AvgIpc) is 2.57. The lowest BCUT2D eigenvalue weighted by atomic mass is 10.3. The fourth-order valence-corrected chi connectivity index (χ4v) is 6.98. The Bertz CT molecular complexity index is 403. The van der Waals surface area contributed by atoms with Gasteiger partial charge >= 0.3 is 0 Å². The van der Waals surface area contributed by atoms with Crippen LogP contribution in [0.15, 0.2) is 4.99 Å². The van der Waals surface area contributed by atoms with Crippen molar-refractivity contribution in [1.29, 1.82) is 0 Å². The Morgan fingerprint density at radius 2 is 1.28 bits per heavy atom. The number of nitrogens with zero attached hydrogens (tertiary/aromatic N) is 3. The maximum Gasteiger partial charge on any atom is 0.189 e. The third kappa shape index (κ3) is 13.3. The number of ether oxygens (including phenoxy) is 1. The highest BCUT2D eigenvalue weighted by Crippen LogP contribution is 2.50. The minimum Gasteiger partial charge on any atom is -0.378 e. The van der Waals surface area contributed by atoms with Crippen LogP contribution in [-0.2, 0) is 9.26 Å². The number of hydrogen-bond acceptors (Lipinski definition) is 7. The van der Waals surface area contributed by atoms with Crippen LogP contribution in [0, 0.1) is 0 Å². The lowest BCUT2D eigenvalue weighted by Gasteiger charge is -2.45. The van der Waals surface area contributed by atoms with E-state index in [4.69, 9.17) is 20.7 Å². The summed E-state index contributed by atoms with van der Waals surface area (Å²) < 4.78 is 17.2. The molecular formula is C19H44N5O2PS2. The van der Waals surface area contributed by atoms with Crippen molar-refractivity contribution in [1.82, 2.24) is 9.34 Å². The van der Waals surface area contributed by atoms with Crippen molar-refractivity contribution < 1.29 is 9.26 Å². The lowest BCUT2D eigenvalue weighted by Crippen LogP contribution is -2.43. The van der Waals surface area contributed by atoms with Crippen LogP contribution >= 0.6 is 30.0 Å². The van der Waals surface area contributed by atoms with Crippen LogP contribution in [0.3, 0.4) is 0 Å². The second-order valence-corrected chi connectivity index (χ2v) is 12.2. The van der Waals surface area contributed by atoms with Crippen molar-refractivity contribution in [2.75, 3.05) is 37.9 Å². The molecule has 0 aliphatic heterocycles. The number of nitrogens with two attached hydrogens (primary N) is 2. The van der Waals surface area contributed by atoms with E-state index in [-0.39, 0.29) is 5.96 Å². The van der Waals surface area contributed by atoms with E-state index in [0.29, 0.717) is 43.9 Å². The summed E-state index contributed by atoms with van der Waals surface area (Å²) in [6.07, 6.45) is 0. The van der Waals surface area contributed by atoms with Crippen LogP contribution in [-0.4, -0.2) is 77.3 Å². The van der Waals surface area contributed by atoms with E-state index >= 15 is 0 Å². The Morgan fingerprint density at radius 1 is 0.793 bits per heavy atom. The summed E-state index contributed by atoms with van der Waals surface area (Å²) in [4.78, 5) is 3.96. The fourth-order valence-electron chi connectivity index (χ4n) is 2.94. The minimum absolute atomic E-state index is 0.154. The van der Waals surface area contributed by atoms with Gasteiger partial charge in [0.1, 0.15) is 0 Å². The molecule has 4 N–H and O–H groups in total. The fraction of sp³-hybridized carbons (Fsp3) is 0.947. The molecule has 0 unspecified atom stereocenters. The first-order valence-corrected chi connectivity index (χ1v) is 14.1. The first-order valence-electron chi connectivity index (χ1n) is 10.5. The standard InChI is InChI=1S/C19H44N5O2PS2/c1-15(2)23(16(3)4)27(24(17(5)6)18(7)8)26-11-10-25-12-14-29-28-13-9-22-19(20)21/h15-18H,9-14H2,1-8H3,(H4,20,21,22). The lowest BCUT2D eigenvalue weighted by molar-refractivity contribution is 0.101. The number of guanidine groups is 1. The van der Waals surface area contributed by atoms with E-state index in [1.807, 2.05) is 0 Å². The van der Waals surface area contributed by atoms with E-state index in [1.165, 1.54) is 0 Å². The van der Waals surface area contributed by atoms with Gasteiger partial charge < -0.3 is 20.7 Å². The molecule has 0 bridgehead atoms. The number of hydrogen-bond donors (Lipinski definition) is 2. The van der Waals surface area contributed by atoms with Crippen molar-refractivity contribution in [2.45, 2.75) is 79.6 Å². The van der Waals surface area contributed by atoms with Crippen molar-refractivity contribution in [2.24, 2.45) is 16.5 Å². The zero-order valence-electron chi connectivity index (χ0n) is 19.6. The van der Waals surface area contributed by atoms with Crippen LogP contribution in [0.1, 0.15) is 55.4 Å². The molecule has 0 rings (SSSR count). The van der Waals surface area contributed by atoms with E-state index in [9.17, 15) is 0 Å². The van der Waals surface area contributed by atoms with Gasteiger partial charge in [0.2, 0.25) is 0 Å². The van der Waals surface area contributed by atoms with Crippen molar-refractivity contribution >= 4 is 36.0 Å². The Labute approximate surface area is 188 Å². The molecule has 0 fully saturated rings. The number of rotatable bonds is 17. The van der Waals surface area contributed by atoms with Crippen LogP contribution in [0.4, 0.5) is 0 Å². The van der Waals surface area contributed by atoms with Gasteiger partial charge in [-0.3, -0.25) is 4.99 Å². The minimum atomic E-state index is -0.841. The zero-order chi connectivity index (χ0) is 22.4. The second kappa shape index (κ2) is 16.9. The van der Waals surface area contributed by atoms with Crippen LogP contribution < -0.4 is 11.5 Å². The molecule has 0 aromatic heterocycles. The summed E-state index contributed by atoms with van der Waals surface area (Å²) in [6.45, 7) is 20.6. The quantitative estimate of drug-likeness (QED) is 0.108. The zero-order valence-corrected chi connectivity index (χ0v) is 22.2. The molecule has 0 saturated heterocycles. The molecule has 0 radical (unpaired) electrons. The van der Waals surface area contributed by atoms with Gasteiger partial charge in [-0.25, -0.2) is 9.34 Å². The van der Waals surface area contributed by atoms with Gasteiger partial charge in [-0.2, -0.15) is 0 Å². The predicted molar refractivity (Wildman–Crippen MR) is 134 cm³/mol. The molecule has 174 valence electrons. The molecule has 0 amide bonds. The number of aliphatic imine (C=N–C) groups is 1. The molecular weight excluding hydrogens is 425 g/mol. The van der Waals surface area contributed by atoms with Gasteiger partial charge in [0.15, 0.2) is 14.4 Å². The van der Waals surface area contributed by atoms with Gasteiger partial charge in [0.25, 0.3) is 0 Å². The molecule has 0 aliphatic carbocycles. The molecule has 0 heterocycles. The molecule has 29 heavy (non-hydrogen) atoms. The molecule has 0 atom stereocenters. The molecule has 7 nitrogen and oxygen atoms in total.